The Kier molecular flexibility index (Phi) is 5.09. The molecule has 3 aliphatic heterocycles. The van der Waals surface area contributed by atoms with Gasteiger partial charge in [-0.2, -0.15) is 0 Å². The Balaban J connectivity index is 1.33. The second-order valence-electron chi connectivity index (χ2n) is 6.97. The van der Waals surface area contributed by atoms with E-state index in [2.05, 4.69) is 0 Å². The third kappa shape index (κ3) is 3.68. The lowest BCUT2D eigenvalue weighted by molar-refractivity contribution is -0.154. The summed E-state index contributed by atoms with van der Waals surface area (Å²) < 4.78 is 10.6. The highest BCUT2D eigenvalue weighted by Crippen LogP contribution is 2.22. The first-order valence-corrected chi connectivity index (χ1v) is 9.28. The van der Waals surface area contributed by atoms with E-state index in [0.717, 1.165) is 11.1 Å². The van der Waals surface area contributed by atoms with Gasteiger partial charge in [0.2, 0.25) is 0 Å². The Bertz CT molecular complexity index is 752. The molecule has 3 heterocycles. The lowest BCUT2D eigenvalue weighted by Gasteiger charge is -2.36. The van der Waals surface area contributed by atoms with Gasteiger partial charge >= 0.3 is 11.8 Å². The first kappa shape index (κ1) is 17.9. The summed E-state index contributed by atoms with van der Waals surface area (Å²) in [5.41, 5.74) is 2.83. The van der Waals surface area contributed by atoms with Gasteiger partial charge in [0.15, 0.2) is 0 Å². The molecule has 3 aliphatic rings. The summed E-state index contributed by atoms with van der Waals surface area (Å²) >= 11 is 0. The van der Waals surface area contributed by atoms with E-state index in [9.17, 15) is 14.4 Å². The van der Waals surface area contributed by atoms with Crippen molar-refractivity contribution in [2.24, 2.45) is 0 Å². The van der Waals surface area contributed by atoms with Crippen LogP contribution in [0.2, 0.25) is 0 Å². The Morgan fingerprint density at radius 3 is 2.00 bits per heavy atom. The van der Waals surface area contributed by atoms with Gasteiger partial charge in [-0.25, -0.2) is 0 Å². The lowest BCUT2D eigenvalue weighted by Crippen LogP contribution is -2.55. The highest BCUT2D eigenvalue weighted by molar-refractivity contribution is 6.34. The molecule has 0 spiro atoms. The van der Waals surface area contributed by atoms with E-state index in [1.807, 2.05) is 18.2 Å². The van der Waals surface area contributed by atoms with Gasteiger partial charge in [-0.05, 0) is 23.3 Å². The normalized spacial score (nSPS) is 19.8. The van der Waals surface area contributed by atoms with Crippen molar-refractivity contribution in [2.75, 3.05) is 52.5 Å². The monoisotopic (exact) mass is 373 g/mol. The molecular weight excluding hydrogens is 350 g/mol. The maximum absolute atomic E-state index is 12.7. The zero-order valence-corrected chi connectivity index (χ0v) is 15.2. The number of nitrogens with zero attached hydrogens (tertiary/aromatic N) is 3. The number of fused-ring (bicyclic) bond motifs is 1. The summed E-state index contributed by atoms with van der Waals surface area (Å²) in [5.74, 6) is -1.01. The molecular formula is C19H23N3O5. The predicted molar refractivity (Wildman–Crippen MR) is 94.8 cm³/mol. The molecule has 0 N–H and O–H groups in total. The van der Waals surface area contributed by atoms with Crippen LogP contribution in [-0.4, -0.2) is 84.9 Å². The maximum atomic E-state index is 12.7. The number of benzene rings is 1. The van der Waals surface area contributed by atoms with Gasteiger partial charge in [-0.15, -0.1) is 0 Å². The molecule has 0 aliphatic carbocycles. The van der Waals surface area contributed by atoms with Gasteiger partial charge in [-0.3, -0.25) is 14.4 Å². The molecule has 0 unspecified atom stereocenters. The molecule has 1 aromatic rings. The van der Waals surface area contributed by atoms with Crippen LogP contribution in [-0.2, 0) is 32.3 Å². The summed E-state index contributed by atoms with van der Waals surface area (Å²) in [6.07, 6.45) is 0. The minimum atomic E-state index is -0.487. The highest BCUT2D eigenvalue weighted by Gasteiger charge is 2.31. The summed E-state index contributed by atoms with van der Waals surface area (Å²) in [4.78, 5) is 42.3. The number of amides is 3. The lowest BCUT2D eigenvalue weighted by atomic mass is 10.1. The van der Waals surface area contributed by atoms with Crippen LogP contribution in [0.15, 0.2) is 18.2 Å². The van der Waals surface area contributed by atoms with Crippen LogP contribution in [0.5, 0.6) is 0 Å². The SMILES string of the molecule is O=C(C(=O)N1CCN(C(=O)c2ccc3c(c2)COC3)CC1)N1CCOCC1. The second-order valence-corrected chi connectivity index (χ2v) is 6.97. The first-order chi connectivity index (χ1) is 13.1. The topological polar surface area (TPSA) is 79.4 Å². The van der Waals surface area contributed by atoms with Gasteiger partial charge < -0.3 is 24.2 Å². The number of carbonyl (C=O) groups is 3. The summed E-state index contributed by atoms with van der Waals surface area (Å²) in [6, 6.07) is 5.66. The van der Waals surface area contributed by atoms with E-state index in [1.165, 1.54) is 9.80 Å². The first-order valence-electron chi connectivity index (χ1n) is 9.28. The van der Waals surface area contributed by atoms with Crippen molar-refractivity contribution < 1.29 is 23.9 Å². The fourth-order valence-electron chi connectivity index (χ4n) is 3.64. The average Bonchev–Trinajstić information content (AvgIpc) is 3.21. The van der Waals surface area contributed by atoms with E-state index in [0.29, 0.717) is 71.3 Å². The molecule has 0 aromatic heterocycles. The molecule has 3 amide bonds. The predicted octanol–water partition coefficient (Wildman–Crippen LogP) is -0.140. The zero-order valence-electron chi connectivity index (χ0n) is 15.2. The van der Waals surface area contributed by atoms with Crippen molar-refractivity contribution in [1.82, 2.24) is 14.7 Å². The number of hydrogen-bond donors (Lipinski definition) is 0. The van der Waals surface area contributed by atoms with Gasteiger partial charge in [0, 0.05) is 44.8 Å². The Labute approximate surface area is 157 Å². The third-order valence-corrected chi connectivity index (χ3v) is 5.30. The zero-order chi connectivity index (χ0) is 18.8. The molecule has 0 saturated carbocycles. The summed E-state index contributed by atoms with van der Waals surface area (Å²) in [6.45, 7) is 4.56. The van der Waals surface area contributed by atoms with Crippen LogP contribution in [0.1, 0.15) is 21.5 Å². The van der Waals surface area contributed by atoms with Crippen molar-refractivity contribution in [3.63, 3.8) is 0 Å². The van der Waals surface area contributed by atoms with Crippen LogP contribution in [0, 0.1) is 0 Å². The van der Waals surface area contributed by atoms with E-state index in [4.69, 9.17) is 9.47 Å². The number of morpholine rings is 1. The minimum absolute atomic E-state index is 0.0451. The quantitative estimate of drug-likeness (QED) is 0.641. The number of carbonyl (C=O) groups excluding carboxylic acids is 3. The van der Waals surface area contributed by atoms with Gasteiger partial charge in [-0.1, -0.05) is 6.07 Å². The van der Waals surface area contributed by atoms with Gasteiger partial charge in [0.05, 0.1) is 26.4 Å². The average molecular weight is 373 g/mol. The highest BCUT2D eigenvalue weighted by atomic mass is 16.5. The Morgan fingerprint density at radius 1 is 0.704 bits per heavy atom. The van der Waals surface area contributed by atoms with E-state index in [-0.39, 0.29) is 5.91 Å². The fourth-order valence-corrected chi connectivity index (χ4v) is 3.64. The standard InChI is InChI=1S/C19H23N3O5/c23-17(14-1-2-15-12-27-13-16(15)11-14)20-3-5-21(6-4-20)18(24)19(25)22-7-9-26-10-8-22/h1-2,11H,3-10,12-13H2. The molecule has 0 radical (unpaired) electrons. The van der Waals surface area contributed by atoms with Gasteiger partial charge in [0.25, 0.3) is 5.91 Å². The molecule has 0 atom stereocenters. The van der Waals surface area contributed by atoms with Gasteiger partial charge in [0.1, 0.15) is 0 Å². The van der Waals surface area contributed by atoms with Crippen molar-refractivity contribution in [1.29, 1.82) is 0 Å². The van der Waals surface area contributed by atoms with E-state index < -0.39 is 11.8 Å². The van der Waals surface area contributed by atoms with E-state index in [1.54, 1.807) is 4.90 Å². The summed E-state index contributed by atoms with van der Waals surface area (Å²) in [5, 5.41) is 0. The Morgan fingerprint density at radius 2 is 1.30 bits per heavy atom. The van der Waals surface area contributed by atoms with E-state index >= 15 is 0 Å². The minimum Gasteiger partial charge on any atom is -0.378 e. The molecule has 0 bridgehead atoms. The summed E-state index contributed by atoms with van der Waals surface area (Å²) in [7, 11) is 0. The molecule has 4 rings (SSSR count). The van der Waals surface area contributed by atoms with Crippen LogP contribution in [0.3, 0.4) is 0 Å². The maximum Gasteiger partial charge on any atom is 0.312 e. The largest absolute Gasteiger partial charge is 0.378 e. The molecule has 2 fully saturated rings. The Hall–Kier alpha value is -2.45. The van der Waals surface area contributed by atoms with Crippen molar-refractivity contribution in [3.05, 3.63) is 34.9 Å². The van der Waals surface area contributed by atoms with Crippen LogP contribution >= 0.6 is 0 Å². The number of ether oxygens (including phenoxy) is 2. The fraction of sp³-hybridized carbons (Fsp3) is 0.526. The smallest absolute Gasteiger partial charge is 0.312 e. The number of hydrogen-bond acceptors (Lipinski definition) is 5. The molecule has 2 saturated heterocycles. The molecule has 1 aromatic carbocycles. The van der Waals surface area contributed by atoms with Crippen LogP contribution in [0.4, 0.5) is 0 Å². The number of rotatable bonds is 1. The molecule has 8 nitrogen and oxygen atoms in total. The molecule has 144 valence electrons. The third-order valence-electron chi connectivity index (χ3n) is 5.30. The van der Waals surface area contributed by atoms with Crippen LogP contribution < -0.4 is 0 Å². The van der Waals surface area contributed by atoms with Crippen molar-refractivity contribution in [3.8, 4) is 0 Å². The van der Waals surface area contributed by atoms with Crippen molar-refractivity contribution in [2.45, 2.75) is 13.2 Å². The molecule has 27 heavy (non-hydrogen) atoms. The van der Waals surface area contributed by atoms with Crippen LogP contribution in [0.25, 0.3) is 0 Å². The second kappa shape index (κ2) is 7.66. The van der Waals surface area contributed by atoms with Crippen molar-refractivity contribution >= 4 is 17.7 Å². The number of piperazine rings is 1. The molecule has 8 heteroatoms.